The fourth-order valence-electron chi connectivity index (χ4n) is 2.27. The van der Waals surface area contributed by atoms with Crippen molar-refractivity contribution >= 4 is 13.6 Å². The lowest BCUT2D eigenvalue weighted by molar-refractivity contribution is -0.0624. The summed E-state index contributed by atoms with van der Waals surface area (Å²) in [6.45, 7) is -0.446. The Morgan fingerprint density at radius 1 is 1.45 bits per heavy atom. The molecule has 0 aromatic carbocycles. The van der Waals surface area contributed by atoms with Gasteiger partial charge in [-0.05, 0) is 6.07 Å². The van der Waals surface area contributed by atoms with Crippen LogP contribution in [0.1, 0.15) is 6.23 Å². The smallest absolute Gasteiger partial charge is 0.394 e. The van der Waals surface area contributed by atoms with Gasteiger partial charge in [0.1, 0.15) is 24.1 Å². The second kappa shape index (κ2) is 4.62. The van der Waals surface area contributed by atoms with Gasteiger partial charge in [-0.25, -0.2) is 9.36 Å². The van der Waals surface area contributed by atoms with Crippen LogP contribution in [0.25, 0.3) is 0 Å². The van der Waals surface area contributed by atoms with Crippen LogP contribution in [-0.2, 0) is 18.3 Å². The van der Waals surface area contributed by atoms with Crippen molar-refractivity contribution in [1.82, 2.24) is 9.55 Å². The Kier molecular flexibility index (Phi) is 3.16. The number of aromatic nitrogens is 2. The molecule has 11 heteroatoms. The molecule has 0 saturated carbocycles. The third-order valence-corrected chi connectivity index (χ3v) is 4.12. The third-order valence-electron chi connectivity index (χ3n) is 3.10. The third kappa shape index (κ3) is 2.16. The van der Waals surface area contributed by atoms with Gasteiger partial charge in [0.05, 0.1) is 6.61 Å². The molecule has 0 radical (unpaired) electrons. The molecular weight excluding hydrogens is 293 g/mol. The topological polar surface area (TPSA) is 146 Å². The van der Waals surface area contributed by atoms with E-state index in [1.54, 1.807) is 0 Å². The quantitative estimate of drug-likeness (QED) is 0.561. The zero-order chi connectivity index (χ0) is 14.5. The van der Waals surface area contributed by atoms with Gasteiger partial charge >= 0.3 is 13.5 Å². The summed E-state index contributed by atoms with van der Waals surface area (Å²) in [5, 5.41) is 9.21. The fraction of sp³-hybridized carbons (Fsp3) is 0.556. The van der Waals surface area contributed by atoms with Gasteiger partial charge in [0, 0.05) is 6.20 Å². The standard InChI is InChI=1S/C9H12N3O7P/c10-5-1-2-12(9(14)11-5)8-7-6(4(3-13)17-8)18-20(15,16)19-7/h1-2,4,6-8,13H,3H2,(H,15,16)(H2,10,11,14)/t4-,6?,7?,8-/m1/s1. The van der Waals surface area contributed by atoms with E-state index >= 15 is 0 Å². The predicted octanol–water partition coefficient (Wildman–Crippen LogP) is -1.40. The number of phosphoric acid groups is 1. The van der Waals surface area contributed by atoms with Crippen molar-refractivity contribution in [3.8, 4) is 0 Å². The Balaban J connectivity index is 1.98. The molecule has 20 heavy (non-hydrogen) atoms. The van der Waals surface area contributed by atoms with Crippen molar-refractivity contribution in [1.29, 1.82) is 0 Å². The number of ether oxygens (including phenoxy) is 1. The van der Waals surface area contributed by atoms with Crippen LogP contribution in [0.4, 0.5) is 5.82 Å². The number of phosphoric ester groups is 1. The second-order valence-electron chi connectivity index (χ2n) is 4.40. The summed E-state index contributed by atoms with van der Waals surface area (Å²) in [6, 6.07) is 1.38. The highest BCUT2D eigenvalue weighted by Gasteiger charge is 2.57. The molecule has 0 amide bonds. The van der Waals surface area contributed by atoms with Gasteiger partial charge in [-0.1, -0.05) is 0 Å². The number of nitrogen functional groups attached to an aromatic ring is 1. The minimum absolute atomic E-state index is 0.0379. The normalized spacial score (nSPS) is 39.9. The largest absolute Gasteiger partial charge is 0.473 e. The van der Waals surface area contributed by atoms with Gasteiger partial charge in [-0.3, -0.25) is 13.6 Å². The van der Waals surface area contributed by atoms with Gasteiger partial charge in [0.15, 0.2) is 6.23 Å². The Morgan fingerprint density at radius 2 is 2.15 bits per heavy atom. The fourth-order valence-corrected chi connectivity index (χ4v) is 3.42. The van der Waals surface area contributed by atoms with Crippen molar-refractivity contribution in [2.45, 2.75) is 24.5 Å². The molecule has 110 valence electrons. The summed E-state index contributed by atoms with van der Waals surface area (Å²) in [4.78, 5) is 24.7. The van der Waals surface area contributed by atoms with E-state index in [1.807, 2.05) is 0 Å². The van der Waals surface area contributed by atoms with E-state index < -0.39 is 44.7 Å². The van der Waals surface area contributed by atoms with E-state index in [1.165, 1.54) is 12.3 Å². The Hall–Kier alpha value is -1.29. The SMILES string of the molecule is Nc1ccn([C@@H]2O[C@H](CO)C3OP(=O)(O)OC32)c(=O)n1. The monoisotopic (exact) mass is 305 g/mol. The average Bonchev–Trinajstić information content (AvgIpc) is 2.83. The highest BCUT2D eigenvalue weighted by atomic mass is 31.2. The van der Waals surface area contributed by atoms with Crippen molar-refractivity contribution in [2.75, 3.05) is 12.3 Å². The molecule has 1 aromatic rings. The van der Waals surface area contributed by atoms with E-state index in [4.69, 9.17) is 19.5 Å². The average molecular weight is 305 g/mol. The van der Waals surface area contributed by atoms with E-state index in [2.05, 4.69) is 4.98 Å². The molecular formula is C9H12N3O7P. The Bertz CT molecular complexity index is 634. The first kappa shape index (κ1) is 13.7. The first-order valence-corrected chi connectivity index (χ1v) is 7.21. The van der Waals surface area contributed by atoms with Crippen LogP contribution in [-0.4, -0.2) is 44.5 Å². The number of anilines is 1. The van der Waals surface area contributed by atoms with Crippen LogP contribution >= 0.6 is 7.82 Å². The van der Waals surface area contributed by atoms with Gasteiger partial charge < -0.3 is 20.5 Å². The summed E-state index contributed by atoms with van der Waals surface area (Å²) in [5.74, 6) is 0.0379. The molecule has 10 nitrogen and oxygen atoms in total. The summed E-state index contributed by atoms with van der Waals surface area (Å²) in [7, 11) is -4.21. The zero-order valence-electron chi connectivity index (χ0n) is 10.0. The molecule has 3 unspecified atom stereocenters. The maximum atomic E-state index is 11.8. The molecule has 2 aliphatic heterocycles. The molecule has 3 heterocycles. The zero-order valence-corrected chi connectivity index (χ0v) is 10.9. The summed E-state index contributed by atoms with van der Waals surface area (Å²) in [6.07, 6.45) is -2.51. The van der Waals surface area contributed by atoms with Gasteiger partial charge in [0.25, 0.3) is 0 Å². The Labute approximate surface area is 112 Å². The predicted molar refractivity (Wildman–Crippen MR) is 63.5 cm³/mol. The number of aliphatic hydroxyl groups is 1. The number of aliphatic hydroxyl groups excluding tert-OH is 1. The van der Waals surface area contributed by atoms with Crippen molar-refractivity contribution in [3.63, 3.8) is 0 Å². The first-order chi connectivity index (χ1) is 9.41. The molecule has 1 aromatic heterocycles. The van der Waals surface area contributed by atoms with Crippen molar-refractivity contribution in [3.05, 3.63) is 22.7 Å². The van der Waals surface area contributed by atoms with Crippen LogP contribution < -0.4 is 11.4 Å². The maximum absolute atomic E-state index is 11.8. The van der Waals surface area contributed by atoms with Crippen LogP contribution in [0.2, 0.25) is 0 Å². The minimum Gasteiger partial charge on any atom is -0.394 e. The van der Waals surface area contributed by atoms with E-state index in [-0.39, 0.29) is 5.82 Å². The number of fused-ring (bicyclic) bond motifs is 1. The lowest BCUT2D eigenvalue weighted by Gasteiger charge is -2.18. The second-order valence-corrected chi connectivity index (χ2v) is 5.76. The van der Waals surface area contributed by atoms with Crippen molar-refractivity contribution < 1.29 is 28.3 Å². The van der Waals surface area contributed by atoms with Crippen LogP contribution in [0.3, 0.4) is 0 Å². The molecule has 0 aliphatic carbocycles. The highest BCUT2D eigenvalue weighted by Crippen LogP contribution is 2.58. The van der Waals surface area contributed by atoms with E-state index in [0.717, 1.165) is 4.57 Å². The summed E-state index contributed by atoms with van der Waals surface area (Å²) >= 11 is 0. The minimum atomic E-state index is -4.21. The van der Waals surface area contributed by atoms with E-state index in [0.29, 0.717) is 0 Å². The molecule has 3 rings (SSSR count). The van der Waals surface area contributed by atoms with Crippen LogP contribution in [0.15, 0.2) is 17.1 Å². The number of hydrogen-bond acceptors (Lipinski definition) is 8. The maximum Gasteiger partial charge on any atom is 0.473 e. The van der Waals surface area contributed by atoms with Crippen molar-refractivity contribution in [2.24, 2.45) is 0 Å². The van der Waals surface area contributed by atoms with Crippen LogP contribution in [0, 0.1) is 0 Å². The van der Waals surface area contributed by atoms with Gasteiger partial charge in [-0.2, -0.15) is 4.98 Å². The highest BCUT2D eigenvalue weighted by molar-refractivity contribution is 7.47. The number of hydrogen-bond donors (Lipinski definition) is 3. The molecule has 2 saturated heterocycles. The van der Waals surface area contributed by atoms with E-state index in [9.17, 15) is 19.4 Å². The molecule has 0 bridgehead atoms. The van der Waals surface area contributed by atoms with Crippen LogP contribution in [0.5, 0.6) is 0 Å². The molecule has 0 spiro atoms. The van der Waals surface area contributed by atoms with Gasteiger partial charge in [-0.15, -0.1) is 0 Å². The summed E-state index contributed by atoms with van der Waals surface area (Å²) < 4.78 is 27.7. The van der Waals surface area contributed by atoms with Gasteiger partial charge in [0.2, 0.25) is 0 Å². The lowest BCUT2D eigenvalue weighted by Crippen LogP contribution is -2.34. The summed E-state index contributed by atoms with van der Waals surface area (Å²) in [5.41, 5.74) is 4.69. The lowest BCUT2D eigenvalue weighted by atomic mass is 10.1. The first-order valence-electron chi connectivity index (χ1n) is 5.72. The number of nitrogens with two attached hydrogens (primary N) is 1. The number of rotatable bonds is 2. The molecule has 2 aliphatic rings. The Morgan fingerprint density at radius 3 is 2.80 bits per heavy atom. The molecule has 4 N–H and O–H groups in total. The molecule has 2 fully saturated rings. The molecule has 5 atom stereocenters. The number of nitrogens with zero attached hydrogens (tertiary/aromatic N) is 2.